The van der Waals surface area contributed by atoms with Gasteiger partial charge in [-0.05, 0) is 24.6 Å². The van der Waals surface area contributed by atoms with E-state index in [9.17, 15) is 5.11 Å². The molecule has 0 aliphatic heterocycles. The van der Waals surface area contributed by atoms with Gasteiger partial charge in [0.25, 0.3) is 0 Å². The van der Waals surface area contributed by atoms with Crippen LogP contribution in [0.1, 0.15) is 18.6 Å². The molecule has 186 valence electrons. The SMILES string of the molecule is CCO/C(=C(/CP(=O)(c1ccccc1)c1ccccc1)C(O)c1ccccc1)n1nnc2ccccc21. The van der Waals surface area contributed by atoms with Gasteiger partial charge in [-0.2, -0.15) is 4.68 Å². The van der Waals surface area contributed by atoms with Gasteiger partial charge in [-0.15, -0.1) is 5.10 Å². The van der Waals surface area contributed by atoms with Crippen LogP contribution in [0.3, 0.4) is 0 Å². The van der Waals surface area contributed by atoms with Crippen molar-refractivity contribution in [1.29, 1.82) is 0 Å². The number of benzene rings is 4. The van der Waals surface area contributed by atoms with Crippen LogP contribution in [0.5, 0.6) is 0 Å². The van der Waals surface area contributed by atoms with Crippen LogP contribution in [0.15, 0.2) is 121 Å². The number of hydrogen-bond acceptors (Lipinski definition) is 5. The third-order valence-electron chi connectivity index (χ3n) is 6.28. The summed E-state index contributed by atoms with van der Waals surface area (Å²) in [5.74, 6) is 0.333. The van der Waals surface area contributed by atoms with Gasteiger partial charge in [0.2, 0.25) is 5.88 Å². The van der Waals surface area contributed by atoms with Crippen LogP contribution in [0, 0.1) is 0 Å². The largest absolute Gasteiger partial charge is 0.478 e. The molecule has 1 atom stereocenters. The van der Waals surface area contributed by atoms with Crippen LogP contribution in [0.2, 0.25) is 0 Å². The summed E-state index contributed by atoms with van der Waals surface area (Å²) in [6.45, 7) is 2.20. The van der Waals surface area contributed by atoms with Crippen molar-refractivity contribution in [2.24, 2.45) is 0 Å². The first-order valence-corrected chi connectivity index (χ1v) is 14.1. The maximum absolute atomic E-state index is 15.1. The Kier molecular flexibility index (Phi) is 7.31. The number of ether oxygens (including phenoxy) is 1. The van der Waals surface area contributed by atoms with Crippen molar-refractivity contribution in [3.05, 3.63) is 126 Å². The zero-order chi connectivity index (χ0) is 25.7. The molecule has 5 aromatic rings. The molecule has 0 aliphatic carbocycles. The van der Waals surface area contributed by atoms with Gasteiger partial charge >= 0.3 is 0 Å². The fourth-order valence-electron chi connectivity index (χ4n) is 4.46. The second-order valence-corrected chi connectivity index (χ2v) is 11.5. The highest BCUT2D eigenvalue weighted by atomic mass is 31.2. The Bertz CT molecular complexity index is 1510. The summed E-state index contributed by atoms with van der Waals surface area (Å²) in [6.07, 6.45) is -1.02. The number of aliphatic hydroxyl groups excluding tert-OH is 1. The van der Waals surface area contributed by atoms with Gasteiger partial charge in [-0.25, -0.2) is 0 Å². The van der Waals surface area contributed by atoms with Crippen molar-refractivity contribution in [3.8, 4) is 0 Å². The van der Waals surface area contributed by atoms with Gasteiger partial charge in [0.1, 0.15) is 18.8 Å². The van der Waals surface area contributed by atoms with Crippen molar-refractivity contribution in [2.75, 3.05) is 12.8 Å². The summed E-state index contributed by atoms with van der Waals surface area (Å²) < 4.78 is 22.8. The minimum Gasteiger partial charge on any atom is -0.478 e. The van der Waals surface area contributed by atoms with E-state index in [-0.39, 0.29) is 6.16 Å². The Morgan fingerprint density at radius 2 is 1.38 bits per heavy atom. The number of nitrogens with zero attached hydrogens (tertiary/aromatic N) is 3. The minimum absolute atomic E-state index is 0.0562. The van der Waals surface area contributed by atoms with E-state index in [1.54, 1.807) is 4.68 Å². The topological polar surface area (TPSA) is 77.2 Å². The van der Waals surface area contributed by atoms with Crippen LogP contribution in [0.4, 0.5) is 0 Å². The van der Waals surface area contributed by atoms with Gasteiger partial charge in [0, 0.05) is 22.3 Å². The van der Waals surface area contributed by atoms with Crippen molar-refractivity contribution < 1.29 is 14.4 Å². The van der Waals surface area contributed by atoms with Crippen molar-refractivity contribution >= 4 is 34.7 Å². The number of aliphatic hydroxyl groups is 1. The third kappa shape index (κ3) is 4.99. The molecule has 7 heteroatoms. The highest BCUT2D eigenvalue weighted by Gasteiger charge is 2.34. The van der Waals surface area contributed by atoms with Crippen LogP contribution < -0.4 is 10.6 Å². The summed E-state index contributed by atoms with van der Waals surface area (Å²) in [5, 5.41) is 21.9. The molecule has 4 aromatic carbocycles. The Morgan fingerprint density at radius 1 is 0.838 bits per heavy atom. The molecule has 0 fully saturated rings. The number of para-hydroxylation sites is 1. The molecule has 1 heterocycles. The smallest absolute Gasteiger partial charge is 0.219 e. The van der Waals surface area contributed by atoms with E-state index in [4.69, 9.17) is 4.74 Å². The molecule has 0 aliphatic rings. The summed E-state index contributed by atoms with van der Waals surface area (Å²) in [6, 6.07) is 35.8. The van der Waals surface area contributed by atoms with Gasteiger partial charge in [-0.3, -0.25) is 0 Å². The van der Waals surface area contributed by atoms with Gasteiger partial charge < -0.3 is 14.4 Å². The molecule has 37 heavy (non-hydrogen) atoms. The van der Waals surface area contributed by atoms with Crippen molar-refractivity contribution in [2.45, 2.75) is 13.0 Å². The molecule has 1 aromatic heterocycles. The Balaban J connectivity index is 1.77. The molecule has 0 saturated carbocycles. The Hall–Kier alpha value is -3.99. The number of fused-ring (bicyclic) bond motifs is 1. The van der Waals surface area contributed by atoms with E-state index in [0.717, 1.165) is 5.52 Å². The van der Waals surface area contributed by atoms with Crippen LogP contribution in [-0.4, -0.2) is 32.9 Å². The quantitative estimate of drug-likeness (QED) is 0.213. The van der Waals surface area contributed by atoms with E-state index in [0.29, 0.717) is 39.8 Å². The van der Waals surface area contributed by atoms with E-state index in [1.807, 2.05) is 122 Å². The predicted octanol–water partition coefficient (Wildman–Crippen LogP) is 5.38. The lowest BCUT2D eigenvalue weighted by molar-refractivity contribution is 0.202. The fourth-order valence-corrected chi connectivity index (χ4v) is 7.22. The summed E-state index contributed by atoms with van der Waals surface area (Å²) >= 11 is 0. The molecule has 6 nitrogen and oxygen atoms in total. The van der Waals surface area contributed by atoms with Crippen molar-refractivity contribution in [1.82, 2.24) is 15.0 Å². The Labute approximate surface area is 216 Å². The molecular weight excluding hydrogens is 481 g/mol. The van der Waals surface area contributed by atoms with Crippen LogP contribution >= 0.6 is 7.14 Å². The zero-order valence-corrected chi connectivity index (χ0v) is 21.4. The molecule has 1 N–H and O–H groups in total. The van der Waals surface area contributed by atoms with Gasteiger partial charge in [0.05, 0.1) is 12.1 Å². The standard InChI is InChI=1S/C30H28N3O3P/c1-2-36-30(33-28-21-13-12-20-27(28)31-32-33)26(29(34)23-14-6-3-7-15-23)22-37(35,24-16-8-4-9-17-24)25-18-10-5-11-19-25/h3-21,29,34H,2,22H2,1H3/b30-26-. The second-order valence-electron chi connectivity index (χ2n) is 8.64. The molecule has 0 amide bonds. The van der Waals surface area contributed by atoms with Gasteiger partial charge in [-0.1, -0.05) is 108 Å². The zero-order valence-electron chi connectivity index (χ0n) is 20.5. The van der Waals surface area contributed by atoms with Crippen LogP contribution in [0.25, 0.3) is 16.9 Å². The highest BCUT2D eigenvalue weighted by Crippen LogP contribution is 2.48. The highest BCUT2D eigenvalue weighted by molar-refractivity contribution is 7.78. The predicted molar refractivity (Wildman–Crippen MR) is 148 cm³/mol. The first-order valence-electron chi connectivity index (χ1n) is 12.2. The lowest BCUT2D eigenvalue weighted by Gasteiger charge is -2.26. The van der Waals surface area contributed by atoms with Gasteiger partial charge in [0.15, 0.2) is 0 Å². The minimum atomic E-state index is -3.25. The Morgan fingerprint density at radius 3 is 1.97 bits per heavy atom. The second kappa shape index (κ2) is 11.0. The third-order valence-corrected chi connectivity index (χ3v) is 9.34. The average Bonchev–Trinajstić information content (AvgIpc) is 3.40. The molecule has 0 saturated heterocycles. The lowest BCUT2D eigenvalue weighted by atomic mass is 10.0. The number of rotatable bonds is 9. The molecule has 0 spiro atoms. The molecule has 1 unspecified atom stereocenters. The summed E-state index contributed by atoms with van der Waals surface area (Å²) in [5.41, 5.74) is 2.58. The monoisotopic (exact) mass is 509 g/mol. The van der Waals surface area contributed by atoms with Crippen LogP contribution in [-0.2, 0) is 9.30 Å². The summed E-state index contributed by atoms with van der Waals surface area (Å²) in [4.78, 5) is 0. The fraction of sp³-hybridized carbons (Fsp3) is 0.133. The maximum Gasteiger partial charge on any atom is 0.219 e. The normalized spacial score (nSPS) is 13.2. The average molecular weight is 510 g/mol. The molecule has 5 rings (SSSR count). The van der Waals surface area contributed by atoms with Crippen molar-refractivity contribution in [3.63, 3.8) is 0 Å². The van der Waals surface area contributed by atoms with E-state index < -0.39 is 13.2 Å². The number of aromatic nitrogens is 3. The molecule has 0 radical (unpaired) electrons. The van der Waals surface area contributed by atoms with E-state index >= 15 is 4.57 Å². The van der Waals surface area contributed by atoms with E-state index in [2.05, 4.69) is 10.3 Å². The lowest BCUT2D eigenvalue weighted by Crippen LogP contribution is -2.23. The molecular formula is C30H28N3O3P. The molecule has 0 bridgehead atoms. The number of hydrogen-bond donors (Lipinski definition) is 1. The first-order chi connectivity index (χ1) is 18.1. The summed E-state index contributed by atoms with van der Waals surface area (Å²) in [7, 11) is -3.25. The maximum atomic E-state index is 15.1. The van der Waals surface area contributed by atoms with E-state index in [1.165, 1.54) is 0 Å². The first kappa shape index (κ1) is 24.7.